The van der Waals surface area contributed by atoms with Gasteiger partial charge in [-0.25, -0.2) is 9.18 Å². The normalized spacial score (nSPS) is 10.2. The van der Waals surface area contributed by atoms with Crippen molar-refractivity contribution in [2.75, 3.05) is 5.32 Å². The average molecular weight is 281 g/mol. The number of carbonyl (C=O) groups is 1. The molecule has 0 amide bonds. The van der Waals surface area contributed by atoms with Gasteiger partial charge in [0.1, 0.15) is 5.82 Å². The Morgan fingerprint density at radius 1 is 1.37 bits per heavy atom. The van der Waals surface area contributed by atoms with Gasteiger partial charge in [-0.3, -0.25) is 4.98 Å². The summed E-state index contributed by atoms with van der Waals surface area (Å²) in [6, 6.07) is 7.40. The first kappa shape index (κ1) is 13.3. The molecule has 4 nitrogen and oxygen atoms in total. The molecule has 0 saturated carbocycles. The number of aromatic carboxylic acids is 1. The van der Waals surface area contributed by atoms with Crippen LogP contribution in [0.5, 0.6) is 0 Å². The van der Waals surface area contributed by atoms with Gasteiger partial charge in [-0.05, 0) is 24.3 Å². The lowest BCUT2D eigenvalue weighted by atomic mass is 10.2. The van der Waals surface area contributed by atoms with Gasteiger partial charge in [0.05, 0.1) is 28.5 Å². The number of anilines is 1. The van der Waals surface area contributed by atoms with Crippen LogP contribution in [0.3, 0.4) is 0 Å². The lowest BCUT2D eigenvalue weighted by molar-refractivity contribution is 0.0696. The van der Waals surface area contributed by atoms with E-state index in [-0.39, 0.29) is 22.8 Å². The summed E-state index contributed by atoms with van der Waals surface area (Å²) in [5.41, 5.74) is 0.894. The number of hydrogen-bond donors (Lipinski definition) is 2. The first-order valence-corrected chi connectivity index (χ1v) is 5.82. The van der Waals surface area contributed by atoms with Gasteiger partial charge in [-0.15, -0.1) is 0 Å². The molecule has 1 aromatic carbocycles. The molecule has 2 aromatic rings. The van der Waals surface area contributed by atoms with Crippen molar-refractivity contribution < 1.29 is 14.3 Å². The minimum absolute atomic E-state index is 0.104. The zero-order chi connectivity index (χ0) is 13.8. The minimum Gasteiger partial charge on any atom is -0.478 e. The number of nitrogens with zero attached hydrogens (tertiary/aromatic N) is 1. The fourth-order valence-corrected chi connectivity index (χ4v) is 1.73. The van der Waals surface area contributed by atoms with Gasteiger partial charge in [0, 0.05) is 6.20 Å². The summed E-state index contributed by atoms with van der Waals surface area (Å²) in [4.78, 5) is 14.6. The molecule has 0 unspecified atom stereocenters. The molecular formula is C13H10ClFN2O2. The van der Waals surface area contributed by atoms with Crippen molar-refractivity contribution in [2.45, 2.75) is 6.54 Å². The van der Waals surface area contributed by atoms with Gasteiger partial charge in [-0.1, -0.05) is 17.7 Å². The van der Waals surface area contributed by atoms with Crippen LogP contribution in [0.1, 0.15) is 16.1 Å². The molecule has 19 heavy (non-hydrogen) atoms. The number of carboxylic acids is 1. The zero-order valence-electron chi connectivity index (χ0n) is 9.73. The number of aromatic nitrogens is 1. The third kappa shape index (κ3) is 3.20. The van der Waals surface area contributed by atoms with Crippen molar-refractivity contribution in [1.82, 2.24) is 4.98 Å². The quantitative estimate of drug-likeness (QED) is 0.903. The molecule has 0 saturated heterocycles. The first-order chi connectivity index (χ1) is 9.08. The Morgan fingerprint density at radius 2 is 2.16 bits per heavy atom. The molecule has 1 aromatic heterocycles. The molecule has 6 heteroatoms. The lowest BCUT2D eigenvalue weighted by Gasteiger charge is -2.09. The van der Waals surface area contributed by atoms with Crippen molar-refractivity contribution >= 4 is 23.3 Å². The third-order valence-corrected chi connectivity index (χ3v) is 2.80. The molecule has 2 rings (SSSR count). The predicted molar refractivity (Wildman–Crippen MR) is 69.9 cm³/mol. The van der Waals surface area contributed by atoms with E-state index in [1.54, 1.807) is 12.1 Å². The molecule has 0 aliphatic carbocycles. The molecule has 0 fully saturated rings. The van der Waals surface area contributed by atoms with Crippen LogP contribution in [0.2, 0.25) is 5.02 Å². The predicted octanol–water partition coefficient (Wildman–Crippen LogP) is 3.18. The molecule has 0 bridgehead atoms. The second-order valence-electron chi connectivity index (χ2n) is 3.79. The Labute approximate surface area is 113 Å². The summed E-state index contributed by atoms with van der Waals surface area (Å²) in [6.45, 7) is 0.251. The Morgan fingerprint density at radius 3 is 2.74 bits per heavy atom. The number of para-hydroxylation sites is 1. The van der Waals surface area contributed by atoms with Crippen LogP contribution in [0.15, 0.2) is 36.5 Å². The molecular weight excluding hydrogens is 271 g/mol. The van der Waals surface area contributed by atoms with E-state index in [1.807, 2.05) is 0 Å². The molecule has 0 aliphatic heterocycles. The van der Waals surface area contributed by atoms with Crippen molar-refractivity contribution in [3.8, 4) is 0 Å². The SMILES string of the molecule is O=C(O)c1ccc(CNc2c(F)cccc2Cl)nc1. The summed E-state index contributed by atoms with van der Waals surface area (Å²) in [6.07, 6.45) is 1.25. The van der Waals surface area contributed by atoms with E-state index in [4.69, 9.17) is 16.7 Å². The molecule has 0 atom stereocenters. The van der Waals surface area contributed by atoms with Crippen molar-refractivity contribution in [3.05, 3.63) is 58.6 Å². The maximum Gasteiger partial charge on any atom is 0.337 e. The highest BCUT2D eigenvalue weighted by Gasteiger charge is 2.07. The number of rotatable bonds is 4. The Balaban J connectivity index is 2.08. The Hall–Kier alpha value is -2.14. The average Bonchev–Trinajstić information content (AvgIpc) is 2.38. The maximum absolute atomic E-state index is 13.5. The number of hydrogen-bond acceptors (Lipinski definition) is 3. The molecule has 0 spiro atoms. The summed E-state index contributed by atoms with van der Waals surface area (Å²) >= 11 is 5.86. The van der Waals surface area contributed by atoms with Gasteiger partial charge in [-0.2, -0.15) is 0 Å². The highest BCUT2D eigenvalue weighted by molar-refractivity contribution is 6.33. The molecule has 0 aliphatic rings. The maximum atomic E-state index is 13.5. The second-order valence-corrected chi connectivity index (χ2v) is 4.20. The number of pyridine rings is 1. The van der Waals surface area contributed by atoms with Crippen molar-refractivity contribution in [1.29, 1.82) is 0 Å². The summed E-state index contributed by atoms with van der Waals surface area (Å²) in [5.74, 6) is -1.49. The van der Waals surface area contributed by atoms with Crippen molar-refractivity contribution in [3.63, 3.8) is 0 Å². The second kappa shape index (κ2) is 5.67. The summed E-state index contributed by atoms with van der Waals surface area (Å²) in [7, 11) is 0. The first-order valence-electron chi connectivity index (χ1n) is 5.44. The van der Waals surface area contributed by atoms with Gasteiger partial charge < -0.3 is 10.4 Å². The highest BCUT2D eigenvalue weighted by Crippen LogP contribution is 2.24. The van der Waals surface area contributed by atoms with Gasteiger partial charge in [0.15, 0.2) is 0 Å². The van der Waals surface area contributed by atoms with E-state index in [1.165, 1.54) is 24.4 Å². The molecule has 1 heterocycles. The van der Waals surface area contributed by atoms with E-state index in [9.17, 15) is 9.18 Å². The molecule has 98 valence electrons. The van der Waals surface area contributed by atoms with Gasteiger partial charge in [0.2, 0.25) is 0 Å². The fraction of sp³-hybridized carbons (Fsp3) is 0.0769. The topological polar surface area (TPSA) is 62.2 Å². The van der Waals surface area contributed by atoms with Crippen LogP contribution in [0.25, 0.3) is 0 Å². The van der Waals surface area contributed by atoms with Crippen LogP contribution >= 0.6 is 11.6 Å². The van der Waals surface area contributed by atoms with Crippen LogP contribution in [0, 0.1) is 5.82 Å². The monoisotopic (exact) mass is 280 g/mol. The number of nitrogens with one attached hydrogen (secondary N) is 1. The number of carboxylic acid groups (broad SMARTS) is 1. The van der Waals surface area contributed by atoms with E-state index in [0.29, 0.717) is 5.69 Å². The Kier molecular flexibility index (Phi) is 3.97. The standard InChI is InChI=1S/C13H10ClFN2O2/c14-10-2-1-3-11(15)12(10)17-7-9-5-4-8(6-16-9)13(18)19/h1-6,17H,7H2,(H,18,19). The minimum atomic E-state index is -1.04. The Bertz CT molecular complexity index is 582. The van der Waals surface area contributed by atoms with E-state index < -0.39 is 11.8 Å². The summed E-state index contributed by atoms with van der Waals surface area (Å²) in [5, 5.41) is 11.8. The zero-order valence-corrected chi connectivity index (χ0v) is 10.5. The third-order valence-electron chi connectivity index (χ3n) is 2.48. The smallest absolute Gasteiger partial charge is 0.337 e. The highest BCUT2D eigenvalue weighted by atomic mass is 35.5. The van der Waals surface area contributed by atoms with E-state index in [2.05, 4.69) is 10.3 Å². The van der Waals surface area contributed by atoms with Crippen LogP contribution in [0.4, 0.5) is 10.1 Å². The molecule has 2 N–H and O–H groups in total. The van der Waals surface area contributed by atoms with Crippen molar-refractivity contribution in [2.24, 2.45) is 0 Å². The van der Waals surface area contributed by atoms with Crippen LogP contribution < -0.4 is 5.32 Å². The summed E-state index contributed by atoms with van der Waals surface area (Å²) < 4.78 is 13.5. The number of halogens is 2. The van der Waals surface area contributed by atoms with Gasteiger partial charge in [0.25, 0.3) is 0 Å². The van der Waals surface area contributed by atoms with E-state index >= 15 is 0 Å². The van der Waals surface area contributed by atoms with Crippen LogP contribution in [-0.2, 0) is 6.54 Å². The lowest BCUT2D eigenvalue weighted by Crippen LogP contribution is -2.05. The number of benzene rings is 1. The van der Waals surface area contributed by atoms with Gasteiger partial charge >= 0.3 is 5.97 Å². The fourth-order valence-electron chi connectivity index (χ4n) is 1.50. The van der Waals surface area contributed by atoms with Crippen LogP contribution in [-0.4, -0.2) is 16.1 Å². The largest absolute Gasteiger partial charge is 0.478 e. The van der Waals surface area contributed by atoms with E-state index in [0.717, 1.165) is 0 Å². The molecule has 0 radical (unpaired) electrons.